The van der Waals surface area contributed by atoms with Gasteiger partial charge in [-0.25, -0.2) is 0 Å². The average molecular weight is 286 g/mol. The number of H-pyrrole nitrogens is 1. The van der Waals surface area contributed by atoms with Crippen LogP contribution in [0.25, 0.3) is 0 Å². The molecule has 1 unspecified atom stereocenters. The van der Waals surface area contributed by atoms with Gasteiger partial charge in [0.15, 0.2) is 0 Å². The van der Waals surface area contributed by atoms with Gasteiger partial charge in [-0.05, 0) is 75.3 Å². The third kappa shape index (κ3) is 2.04. The lowest BCUT2D eigenvalue weighted by Crippen LogP contribution is -2.54. The Hall–Kier alpha value is -1.25. The van der Waals surface area contributed by atoms with E-state index in [1.807, 2.05) is 24.2 Å². The van der Waals surface area contributed by atoms with Crippen LogP contribution in [-0.4, -0.2) is 22.8 Å². The highest BCUT2D eigenvalue weighted by molar-refractivity contribution is 5.83. The normalized spacial score (nSPS) is 38.5. The zero-order valence-corrected chi connectivity index (χ0v) is 13.1. The first-order valence-electron chi connectivity index (χ1n) is 8.48. The molecule has 21 heavy (non-hydrogen) atoms. The van der Waals surface area contributed by atoms with Crippen molar-refractivity contribution in [3.63, 3.8) is 0 Å². The number of carbonyl (C=O) groups is 1. The van der Waals surface area contributed by atoms with Gasteiger partial charge in [0.05, 0.1) is 11.5 Å². The molecule has 4 saturated carbocycles. The van der Waals surface area contributed by atoms with Crippen LogP contribution in [0.1, 0.15) is 57.2 Å². The van der Waals surface area contributed by atoms with E-state index in [9.17, 15) is 4.79 Å². The lowest BCUT2D eigenvalue weighted by molar-refractivity contribution is -0.158. The molecule has 3 nitrogen and oxygen atoms in total. The lowest BCUT2D eigenvalue weighted by atomic mass is 9.49. The van der Waals surface area contributed by atoms with E-state index in [2.05, 4.69) is 18.0 Å². The molecule has 4 fully saturated rings. The number of hydrogen-bond donors (Lipinski definition) is 1. The van der Waals surface area contributed by atoms with Gasteiger partial charge in [-0.3, -0.25) is 4.79 Å². The van der Waals surface area contributed by atoms with E-state index in [4.69, 9.17) is 0 Å². The fraction of sp³-hybridized carbons (Fsp3) is 0.722. The second-order valence-electron chi connectivity index (χ2n) is 7.92. The Morgan fingerprint density at radius 3 is 2.29 bits per heavy atom. The van der Waals surface area contributed by atoms with Gasteiger partial charge in [0.1, 0.15) is 0 Å². The molecule has 1 aromatic rings. The smallest absolute Gasteiger partial charge is 0.229 e. The van der Waals surface area contributed by atoms with Crippen LogP contribution in [0.15, 0.2) is 18.3 Å². The lowest BCUT2D eigenvalue weighted by Gasteiger charge is -2.56. The molecule has 5 rings (SSSR count). The Bertz CT molecular complexity index is 498. The maximum Gasteiger partial charge on any atom is 0.229 e. The van der Waals surface area contributed by atoms with E-state index >= 15 is 0 Å². The second kappa shape index (κ2) is 4.62. The number of aromatic nitrogens is 1. The zero-order chi connectivity index (χ0) is 14.6. The standard InChI is InChI=1S/C18H26N2O/c1-12(16-4-3-5-19-16)20(2)17(21)18-9-13-6-14(10-18)8-15(7-13)11-18/h3-5,12-15,19H,6-11H2,1-2H3. The van der Waals surface area contributed by atoms with E-state index < -0.39 is 0 Å². The van der Waals surface area contributed by atoms with E-state index in [-0.39, 0.29) is 11.5 Å². The molecule has 4 aliphatic carbocycles. The predicted molar refractivity (Wildman–Crippen MR) is 82.6 cm³/mol. The summed E-state index contributed by atoms with van der Waals surface area (Å²) < 4.78 is 0. The summed E-state index contributed by atoms with van der Waals surface area (Å²) in [5.41, 5.74) is 1.11. The Morgan fingerprint density at radius 2 is 1.81 bits per heavy atom. The van der Waals surface area contributed by atoms with Crippen LogP contribution in [0.5, 0.6) is 0 Å². The molecule has 1 N–H and O–H groups in total. The summed E-state index contributed by atoms with van der Waals surface area (Å²) in [6.07, 6.45) is 9.57. The molecule has 4 aliphatic rings. The predicted octanol–water partition coefficient (Wildman–Crippen LogP) is 3.75. The minimum absolute atomic E-state index is 0.0235. The van der Waals surface area contributed by atoms with Crippen LogP contribution in [0.3, 0.4) is 0 Å². The highest BCUT2D eigenvalue weighted by atomic mass is 16.2. The molecule has 114 valence electrons. The molecule has 0 radical (unpaired) electrons. The first-order chi connectivity index (χ1) is 10.1. The van der Waals surface area contributed by atoms with Crippen molar-refractivity contribution in [2.24, 2.45) is 23.2 Å². The Morgan fingerprint density at radius 1 is 1.24 bits per heavy atom. The first kappa shape index (κ1) is 13.4. The largest absolute Gasteiger partial charge is 0.363 e. The van der Waals surface area contributed by atoms with Crippen LogP contribution in [0.2, 0.25) is 0 Å². The molecule has 0 aromatic carbocycles. The van der Waals surface area contributed by atoms with E-state index in [0.717, 1.165) is 42.7 Å². The quantitative estimate of drug-likeness (QED) is 0.902. The van der Waals surface area contributed by atoms with Gasteiger partial charge in [0, 0.05) is 18.9 Å². The molecular weight excluding hydrogens is 260 g/mol. The van der Waals surface area contributed by atoms with Crippen molar-refractivity contribution in [1.82, 2.24) is 9.88 Å². The number of hydrogen-bond acceptors (Lipinski definition) is 1. The Labute approximate surface area is 127 Å². The Kier molecular flexibility index (Phi) is 2.95. The van der Waals surface area contributed by atoms with Crippen molar-refractivity contribution in [2.75, 3.05) is 7.05 Å². The van der Waals surface area contributed by atoms with Crippen molar-refractivity contribution in [2.45, 2.75) is 51.5 Å². The van der Waals surface area contributed by atoms with Gasteiger partial charge < -0.3 is 9.88 Å². The molecule has 1 aromatic heterocycles. The summed E-state index contributed by atoms with van der Waals surface area (Å²) in [6.45, 7) is 2.13. The molecule has 0 aliphatic heterocycles. The van der Waals surface area contributed by atoms with Gasteiger partial charge in [0.2, 0.25) is 5.91 Å². The van der Waals surface area contributed by atoms with Gasteiger partial charge in [-0.1, -0.05) is 0 Å². The van der Waals surface area contributed by atoms with Crippen molar-refractivity contribution >= 4 is 5.91 Å². The summed E-state index contributed by atoms with van der Waals surface area (Å²) in [5, 5.41) is 0. The van der Waals surface area contributed by atoms with Crippen LogP contribution in [-0.2, 0) is 4.79 Å². The van der Waals surface area contributed by atoms with Gasteiger partial charge in [-0.2, -0.15) is 0 Å². The summed E-state index contributed by atoms with van der Waals surface area (Å²) in [6, 6.07) is 4.23. The van der Waals surface area contributed by atoms with Crippen LogP contribution in [0.4, 0.5) is 0 Å². The maximum atomic E-state index is 13.2. The topological polar surface area (TPSA) is 36.1 Å². The van der Waals surface area contributed by atoms with Crippen molar-refractivity contribution in [3.05, 3.63) is 24.0 Å². The third-order valence-corrected chi connectivity index (χ3v) is 6.47. The van der Waals surface area contributed by atoms with Gasteiger partial charge in [0.25, 0.3) is 0 Å². The van der Waals surface area contributed by atoms with Crippen LogP contribution in [0, 0.1) is 23.2 Å². The number of carbonyl (C=O) groups excluding carboxylic acids is 1. The third-order valence-electron chi connectivity index (χ3n) is 6.47. The minimum Gasteiger partial charge on any atom is -0.363 e. The second-order valence-corrected chi connectivity index (χ2v) is 7.92. The highest BCUT2D eigenvalue weighted by Gasteiger charge is 2.55. The molecular formula is C18H26N2O. The van der Waals surface area contributed by atoms with E-state index in [1.165, 1.54) is 19.3 Å². The highest BCUT2D eigenvalue weighted by Crippen LogP contribution is 2.60. The molecule has 4 bridgehead atoms. The SMILES string of the molecule is CC(c1ccc[nH]1)N(C)C(=O)C12CC3CC(CC(C3)C1)C2. The van der Waals surface area contributed by atoms with E-state index in [0.29, 0.717) is 5.91 Å². The fourth-order valence-corrected chi connectivity index (χ4v) is 5.74. The number of rotatable bonds is 3. The summed E-state index contributed by atoms with van der Waals surface area (Å²) in [4.78, 5) is 18.5. The number of aromatic amines is 1. The summed E-state index contributed by atoms with van der Waals surface area (Å²) in [5.74, 6) is 2.89. The first-order valence-corrected chi connectivity index (χ1v) is 8.48. The summed E-state index contributed by atoms with van der Waals surface area (Å²) >= 11 is 0. The molecule has 3 heteroatoms. The molecule has 1 amide bonds. The monoisotopic (exact) mass is 286 g/mol. The van der Waals surface area contributed by atoms with Gasteiger partial charge in [-0.15, -0.1) is 0 Å². The number of nitrogens with one attached hydrogen (secondary N) is 1. The molecule has 0 saturated heterocycles. The van der Waals surface area contributed by atoms with Gasteiger partial charge >= 0.3 is 0 Å². The van der Waals surface area contributed by atoms with Crippen molar-refractivity contribution in [1.29, 1.82) is 0 Å². The average Bonchev–Trinajstić information content (AvgIpc) is 2.97. The van der Waals surface area contributed by atoms with Crippen molar-refractivity contribution < 1.29 is 4.79 Å². The minimum atomic E-state index is -0.0235. The fourth-order valence-electron chi connectivity index (χ4n) is 5.74. The summed E-state index contributed by atoms with van der Waals surface area (Å²) in [7, 11) is 1.99. The molecule has 1 atom stereocenters. The Balaban J connectivity index is 1.57. The number of amides is 1. The molecule has 0 spiro atoms. The maximum absolute atomic E-state index is 13.2. The zero-order valence-electron chi connectivity index (χ0n) is 13.1. The van der Waals surface area contributed by atoms with Crippen molar-refractivity contribution in [3.8, 4) is 0 Å². The van der Waals surface area contributed by atoms with Crippen LogP contribution < -0.4 is 0 Å². The molecule has 1 heterocycles. The van der Waals surface area contributed by atoms with E-state index in [1.54, 1.807) is 0 Å². The van der Waals surface area contributed by atoms with Crippen LogP contribution >= 0.6 is 0 Å². The number of nitrogens with zero attached hydrogens (tertiary/aromatic N) is 1.